The van der Waals surface area contributed by atoms with Crippen LogP contribution >= 0.6 is 0 Å². The number of hydrogen-bond donors (Lipinski definition) is 2. The molecule has 0 aliphatic carbocycles. The summed E-state index contributed by atoms with van der Waals surface area (Å²) in [6, 6.07) is 0.360. The quantitative estimate of drug-likeness (QED) is 0.733. The molecule has 0 aromatic carbocycles. The minimum Gasteiger partial charge on any atom is -0.465 e. The maximum atomic E-state index is 11.0. The largest absolute Gasteiger partial charge is 0.465 e. The molecule has 15 heavy (non-hydrogen) atoms. The van der Waals surface area contributed by atoms with Crippen molar-refractivity contribution in [3.8, 4) is 0 Å². The van der Waals surface area contributed by atoms with Gasteiger partial charge in [-0.3, -0.25) is 0 Å². The van der Waals surface area contributed by atoms with Crippen LogP contribution in [-0.2, 0) is 0 Å². The van der Waals surface area contributed by atoms with Crippen LogP contribution in [0.1, 0.15) is 39.5 Å². The fraction of sp³-hybridized carbons (Fsp3) is 0.909. The number of nitrogens with zero attached hydrogens (tertiary/aromatic N) is 1. The first-order valence-electron chi connectivity index (χ1n) is 5.62. The molecule has 2 fully saturated rings. The molecule has 2 aliphatic rings. The summed E-state index contributed by atoms with van der Waals surface area (Å²) in [4.78, 5) is 12.6. The lowest BCUT2D eigenvalue weighted by Gasteiger charge is -2.27. The summed E-state index contributed by atoms with van der Waals surface area (Å²) in [5, 5.41) is 18.8. The molecule has 0 radical (unpaired) electrons. The molecule has 1 unspecified atom stereocenters. The number of aliphatic hydroxyl groups is 1. The number of carbonyl (C=O) groups is 1. The van der Waals surface area contributed by atoms with Crippen LogP contribution in [0, 0.1) is 5.92 Å². The molecule has 4 nitrogen and oxygen atoms in total. The van der Waals surface area contributed by atoms with E-state index in [4.69, 9.17) is 5.11 Å². The number of carboxylic acid groups (broad SMARTS) is 1. The van der Waals surface area contributed by atoms with Gasteiger partial charge in [-0.1, -0.05) is 0 Å². The minimum absolute atomic E-state index is 0.152. The molecule has 3 atom stereocenters. The number of fused-ring (bicyclic) bond motifs is 2. The predicted molar refractivity (Wildman–Crippen MR) is 55.7 cm³/mol. The van der Waals surface area contributed by atoms with Crippen molar-refractivity contribution in [2.75, 3.05) is 0 Å². The topological polar surface area (TPSA) is 60.8 Å². The van der Waals surface area contributed by atoms with Gasteiger partial charge in [0.15, 0.2) is 0 Å². The zero-order chi connectivity index (χ0) is 11.2. The Morgan fingerprint density at radius 1 is 1.47 bits per heavy atom. The Kier molecular flexibility index (Phi) is 2.41. The summed E-state index contributed by atoms with van der Waals surface area (Å²) in [5.41, 5.74) is -0.681. The second kappa shape index (κ2) is 3.37. The number of rotatable bonds is 2. The zero-order valence-corrected chi connectivity index (χ0v) is 9.31. The molecule has 2 aliphatic heterocycles. The van der Waals surface area contributed by atoms with E-state index in [0.29, 0.717) is 12.3 Å². The Bertz CT molecular complexity index is 271. The zero-order valence-electron chi connectivity index (χ0n) is 9.31. The third kappa shape index (κ3) is 1.95. The lowest BCUT2D eigenvalue weighted by Crippen LogP contribution is -2.36. The van der Waals surface area contributed by atoms with Gasteiger partial charge >= 0.3 is 6.09 Å². The van der Waals surface area contributed by atoms with Gasteiger partial charge in [0.1, 0.15) is 0 Å². The average molecular weight is 213 g/mol. The molecule has 0 saturated carbocycles. The fourth-order valence-electron chi connectivity index (χ4n) is 3.27. The second-order valence-electron chi connectivity index (χ2n) is 5.50. The van der Waals surface area contributed by atoms with Crippen molar-refractivity contribution in [3.63, 3.8) is 0 Å². The first kappa shape index (κ1) is 10.7. The molecule has 2 saturated heterocycles. The van der Waals surface area contributed by atoms with E-state index in [1.807, 2.05) is 0 Å². The molecule has 0 aromatic heterocycles. The Labute approximate surface area is 89.9 Å². The Morgan fingerprint density at radius 3 is 2.60 bits per heavy atom. The third-order valence-electron chi connectivity index (χ3n) is 3.65. The van der Waals surface area contributed by atoms with E-state index < -0.39 is 11.7 Å². The molecule has 4 heteroatoms. The minimum atomic E-state index is -0.791. The Hall–Kier alpha value is -0.770. The summed E-state index contributed by atoms with van der Waals surface area (Å²) >= 11 is 0. The molecule has 2 heterocycles. The van der Waals surface area contributed by atoms with Crippen molar-refractivity contribution >= 4 is 6.09 Å². The first-order valence-corrected chi connectivity index (χ1v) is 5.62. The summed E-state index contributed by atoms with van der Waals surface area (Å²) in [6.45, 7) is 3.59. The fourth-order valence-corrected chi connectivity index (χ4v) is 3.27. The number of amides is 1. The highest BCUT2D eigenvalue weighted by atomic mass is 16.4. The van der Waals surface area contributed by atoms with Crippen molar-refractivity contribution in [2.24, 2.45) is 5.92 Å². The van der Waals surface area contributed by atoms with Crippen molar-refractivity contribution in [3.05, 3.63) is 0 Å². The smallest absolute Gasteiger partial charge is 0.407 e. The van der Waals surface area contributed by atoms with Gasteiger partial charge in [-0.05, 0) is 45.4 Å². The van der Waals surface area contributed by atoms with E-state index in [9.17, 15) is 9.90 Å². The van der Waals surface area contributed by atoms with Gasteiger partial charge in [-0.25, -0.2) is 4.79 Å². The van der Waals surface area contributed by atoms with Crippen molar-refractivity contribution in [1.29, 1.82) is 0 Å². The van der Waals surface area contributed by atoms with Gasteiger partial charge in [0.2, 0.25) is 0 Å². The molecule has 0 aromatic rings. The Balaban J connectivity index is 2.05. The van der Waals surface area contributed by atoms with E-state index in [0.717, 1.165) is 19.3 Å². The summed E-state index contributed by atoms with van der Waals surface area (Å²) < 4.78 is 0. The van der Waals surface area contributed by atoms with Crippen LogP contribution in [0.15, 0.2) is 0 Å². The van der Waals surface area contributed by atoms with Crippen LogP contribution in [0.3, 0.4) is 0 Å². The van der Waals surface area contributed by atoms with E-state index in [1.54, 1.807) is 18.7 Å². The summed E-state index contributed by atoms with van der Waals surface area (Å²) in [6.07, 6.45) is 2.82. The SMILES string of the molecule is CC(C)(O)CC1C[C@H]2CC[C@@H]1N2C(=O)O. The molecule has 1 amide bonds. The van der Waals surface area contributed by atoms with Gasteiger partial charge in [-0.2, -0.15) is 0 Å². The highest BCUT2D eigenvalue weighted by Gasteiger charge is 2.49. The standard InChI is InChI=1S/C11H19NO3/c1-11(2,15)6-7-5-8-3-4-9(7)12(8)10(13)14/h7-9,15H,3-6H2,1-2H3,(H,13,14)/t7?,8-,9+/m1/s1. The molecular formula is C11H19NO3. The van der Waals surface area contributed by atoms with Gasteiger partial charge in [0.25, 0.3) is 0 Å². The third-order valence-corrected chi connectivity index (χ3v) is 3.65. The van der Waals surface area contributed by atoms with E-state index in [-0.39, 0.29) is 12.1 Å². The summed E-state index contributed by atoms with van der Waals surface area (Å²) in [5.74, 6) is 0.347. The number of hydrogen-bond acceptors (Lipinski definition) is 2. The van der Waals surface area contributed by atoms with Crippen molar-refractivity contribution in [1.82, 2.24) is 4.90 Å². The molecular weight excluding hydrogens is 194 g/mol. The van der Waals surface area contributed by atoms with Gasteiger partial charge in [-0.15, -0.1) is 0 Å². The van der Waals surface area contributed by atoms with Crippen LogP contribution in [0.2, 0.25) is 0 Å². The molecule has 2 bridgehead atoms. The van der Waals surface area contributed by atoms with Crippen molar-refractivity contribution in [2.45, 2.75) is 57.2 Å². The van der Waals surface area contributed by atoms with Gasteiger partial charge < -0.3 is 15.1 Å². The van der Waals surface area contributed by atoms with Gasteiger partial charge in [0.05, 0.1) is 5.60 Å². The monoisotopic (exact) mass is 213 g/mol. The van der Waals surface area contributed by atoms with Crippen LogP contribution in [-0.4, -0.2) is 38.9 Å². The van der Waals surface area contributed by atoms with Crippen molar-refractivity contribution < 1.29 is 15.0 Å². The second-order valence-corrected chi connectivity index (χ2v) is 5.50. The molecule has 86 valence electrons. The highest BCUT2D eigenvalue weighted by Crippen LogP contribution is 2.44. The Morgan fingerprint density at radius 2 is 2.13 bits per heavy atom. The highest BCUT2D eigenvalue weighted by molar-refractivity contribution is 5.67. The maximum Gasteiger partial charge on any atom is 0.407 e. The lowest BCUT2D eigenvalue weighted by molar-refractivity contribution is 0.0447. The van der Waals surface area contributed by atoms with Crippen LogP contribution in [0.25, 0.3) is 0 Å². The van der Waals surface area contributed by atoms with E-state index in [1.165, 1.54) is 0 Å². The van der Waals surface area contributed by atoms with Gasteiger partial charge in [0, 0.05) is 12.1 Å². The average Bonchev–Trinajstić information content (AvgIpc) is 2.56. The van der Waals surface area contributed by atoms with Crippen LogP contribution in [0.5, 0.6) is 0 Å². The van der Waals surface area contributed by atoms with E-state index in [2.05, 4.69) is 0 Å². The normalized spacial score (nSPS) is 34.9. The van der Waals surface area contributed by atoms with Crippen LogP contribution in [0.4, 0.5) is 4.79 Å². The molecule has 0 spiro atoms. The molecule has 2 rings (SSSR count). The predicted octanol–water partition coefficient (Wildman–Crippen LogP) is 1.68. The lowest BCUT2D eigenvalue weighted by atomic mass is 9.82. The summed E-state index contributed by atoms with van der Waals surface area (Å²) in [7, 11) is 0. The van der Waals surface area contributed by atoms with Crippen LogP contribution < -0.4 is 0 Å². The van der Waals surface area contributed by atoms with E-state index >= 15 is 0 Å². The maximum absolute atomic E-state index is 11.0. The molecule has 2 N–H and O–H groups in total. The first-order chi connectivity index (χ1) is 6.88.